The largest absolute Gasteiger partial charge is 0.305 e. The Kier molecular flexibility index (Phi) is 4.13. The highest BCUT2D eigenvalue weighted by Crippen LogP contribution is 2.10. The minimum absolute atomic E-state index is 0.640. The van der Waals surface area contributed by atoms with Crippen molar-refractivity contribution >= 4 is 0 Å². The molecule has 0 spiro atoms. The van der Waals surface area contributed by atoms with Gasteiger partial charge in [0.1, 0.15) is 0 Å². The summed E-state index contributed by atoms with van der Waals surface area (Å²) in [5, 5.41) is 3.23. The van der Waals surface area contributed by atoms with Gasteiger partial charge in [0.25, 0.3) is 0 Å². The Morgan fingerprint density at radius 3 is 2.75 bits per heavy atom. The maximum Gasteiger partial charge on any atom is 0.0574 e. The topological polar surface area (TPSA) is 15.3 Å². The van der Waals surface area contributed by atoms with Crippen molar-refractivity contribution in [3.05, 3.63) is 0 Å². The highest BCUT2D eigenvalue weighted by atomic mass is 15.2. The monoisotopic (exact) mass is 166 g/mol. The molecule has 1 atom stereocenters. The Labute approximate surface area is 75.3 Å². The molecule has 1 unspecified atom stereocenters. The van der Waals surface area contributed by atoms with Crippen molar-refractivity contribution in [3.8, 4) is 12.3 Å². The number of nitrogens with one attached hydrogen (secondary N) is 1. The lowest BCUT2D eigenvalue weighted by Gasteiger charge is -2.23. The molecule has 0 radical (unpaired) electrons. The molecule has 1 aliphatic heterocycles. The van der Waals surface area contributed by atoms with Crippen LogP contribution >= 0.6 is 0 Å². The van der Waals surface area contributed by atoms with E-state index in [4.69, 9.17) is 6.42 Å². The summed E-state index contributed by atoms with van der Waals surface area (Å²) in [6.45, 7) is 6.50. The van der Waals surface area contributed by atoms with Gasteiger partial charge in [-0.2, -0.15) is 0 Å². The summed E-state index contributed by atoms with van der Waals surface area (Å²) in [6.07, 6.45) is 7.86. The minimum Gasteiger partial charge on any atom is -0.305 e. The Morgan fingerprint density at radius 1 is 1.50 bits per heavy atom. The summed E-state index contributed by atoms with van der Waals surface area (Å²) in [5.41, 5.74) is 0. The second-order valence-corrected chi connectivity index (χ2v) is 3.43. The van der Waals surface area contributed by atoms with Crippen LogP contribution in [0.1, 0.15) is 19.8 Å². The van der Waals surface area contributed by atoms with Gasteiger partial charge in [-0.1, -0.05) is 5.92 Å². The molecule has 0 amide bonds. The van der Waals surface area contributed by atoms with Gasteiger partial charge in [-0.25, -0.2) is 0 Å². The van der Waals surface area contributed by atoms with Crippen molar-refractivity contribution in [1.82, 2.24) is 10.2 Å². The molecule has 1 rings (SSSR count). The highest BCUT2D eigenvalue weighted by molar-refractivity contribution is 4.87. The minimum atomic E-state index is 0.640. The van der Waals surface area contributed by atoms with Crippen LogP contribution in [0.4, 0.5) is 0 Å². The summed E-state index contributed by atoms with van der Waals surface area (Å²) in [4.78, 5) is 2.52. The third-order valence-electron chi connectivity index (χ3n) is 2.43. The van der Waals surface area contributed by atoms with Crippen LogP contribution in [0.25, 0.3) is 0 Å². The highest BCUT2D eigenvalue weighted by Gasteiger charge is 2.16. The van der Waals surface area contributed by atoms with Gasteiger partial charge in [0, 0.05) is 12.6 Å². The first-order chi connectivity index (χ1) is 5.84. The lowest BCUT2D eigenvalue weighted by molar-refractivity contribution is 0.254. The van der Waals surface area contributed by atoms with Gasteiger partial charge in [-0.05, 0) is 32.9 Å². The van der Waals surface area contributed by atoms with Crippen molar-refractivity contribution in [1.29, 1.82) is 0 Å². The third-order valence-corrected chi connectivity index (χ3v) is 2.43. The summed E-state index contributed by atoms with van der Waals surface area (Å²) in [7, 11) is 0. The molecule has 1 fully saturated rings. The SMILES string of the molecule is C#CCNCC(C)N1CCCC1. The van der Waals surface area contributed by atoms with Crippen LogP contribution < -0.4 is 5.32 Å². The Balaban J connectivity index is 2.10. The molecule has 0 aromatic heterocycles. The van der Waals surface area contributed by atoms with Gasteiger partial charge in [0.15, 0.2) is 0 Å². The Bertz CT molecular complexity index is 154. The van der Waals surface area contributed by atoms with Crippen molar-refractivity contribution < 1.29 is 0 Å². The van der Waals surface area contributed by atoms with Crippen LogP contribution in [0.15, 0.2) is 0 Å². The molecule has 1 saturated heterocycles. The first kappa shape index (κ1) is 9.57. The van der Waals surface area contributed by atoms with E-state index in [0.717, 1.165) is 6.54 Å². The molecule has 12 heavy (non-hydrogen) atoms. The summed E-state index contributed by atoms with van der Waals surface area (Å²) >= 11 is 0. The van der Waals surface area contributed by atoms with Crippen LogP contribution in [-0.4, -0.2) is 37.1 Å². The van der Waals surface area contributed by atoms with Gasteiger partial charge in [0.05, 0.1) is 6.54 Å². The smallest absolute Gasteiger partial charge is 0.0574 e. The average Bonchev–Trinajstić information content (AvgIpc) is 2.56. The molecule has 2 heteroatoms. The van der Waals surface area contributed by atoms with Crippen molar-refractivity contribution in [2.75, 3.05) is 26.2 Å². The Morgan fingerprint density at radius 2 is 2.17 bits per heavy atom. The molecule has 1 heterocycles. The molecule has 1 N–H and O–H groups in total. The fourth-order valence-corrected chi connectivity index (χ4v) is 1.66. The van der Waals surface area contributed by atoms with Gasteiger partial charge in [-0.3, -0.25) is 4.90 Å². The van der Waals surface area contributed by atoms with Crippen LogP contribution in [0, 0.1) is 12.3 Å². The van der Waals surface area contributed by atoms with Gasteiger partial charge < -0.3 is 5.32 Å². The summed E-state index contributed by atoms with van der Waals surface area (Å²) in [5.74, 6) is 2.58. The number of rotatable bonds is 4. The molecular weight excluding hydrogens is 148 g/mol. The van der Waals surface area contributed by atoms with Crippen LogP contribution in [-0.2, 0) is 0 Å². The maximum atomic E-state index is 5.14. The molecule has 0 bridgehead atoms. The maximum absolute atomic E-state index is 5.14. The molecule has 1 aliphatic rings. The first-order valence-electron chi connectivity index (χ1n) is 4.73. The zero-order valence-electron chi connectivity index (χ0n) is 7.84. The van der Waals surface area contributed by atoms with Crippen LogP contribution in [0.5, 0.6) is 0 Å². The van der Waals surface area contributed by atoms with Crippen molar-refractivity contribution in [2.45, 2.75) is 25.8 Å². The zero-order valence-corrected chi connectivity index (χ0v) is 7.84. The summed E-state index contributed by atoms with van der Waals surface area (Å²) < 4.78 is 0. The number of nitrogens with zero attached hydrogens (tertiary/aromatic N) is 1. The van der Waals surface area contributed by atoms with E-state index < -0.39 is 0 Å². The average molecular weight is 166 g/mol. The molecule has 2 nitrogen and oxygen atoms in total. The van der Waals surface area contributed by atoms with Gasteiger partial charge in [0.2, 0.25) is 0 Å². The standard InChI is InChI=1S/C10H18N2/c1-3-6-11-9-10(2)12-7-4-5-8-12/h1,10-11H,4-9H2,2H3. The first-order valence-corrected chi connectivity index (χ1v) is 4.73. The van der Waals surface area contributed by atoms with E-state index in [0.29, 0.717) is 12.6 Å². The lowest BCUT2D eigenvalue weighted by Crippen LogP contribution is -2.38. The molecular formula is C10H18N2. The van der Waals surface area contributed by atoms with Crippen molar-refractivity contribution in [3.63, 3.8) is 0 Å². The fourth-order valence-electron chi connectivity index (χ4n) is 1.66. The molecule has 0 saturated carbocycles. The quantitative estimate of drug-likeness (QED) is 0.488. The van der Waals surface area contributed by atoms with Crippen molar-refractivity contribution in [2.24, 2.45) is 0 Å². The number of hydrogen-bond donors (Lipinski definition) is 1. The second-order valence-electron chi connectivity index (χ2n) is 3.43. The van der Waals surface area contributed by atoms with E-state index >= 15 is 0 Å². The van der Waals surface area contributed by atoms with Crippen LogP contribution in [0.2, 0.25) is 0 Å². The molecule has 68 valence electrons. The fraction of sp³-hybridized carbons (Fsp3) is 0.800. The number of terminal acetylenes is 1. The number of hydrogen-bond acceptors (Lipinski definition) is 2. The third kappa shape index (κ3) is 2.84. The van der Waals surface area contributed by atoms with E-state index in [1.54, 1.807) is 0 Å². The lowest BCUT2D eigenvalue weighted by atomic mass is 10.3. The molecule has 0 aromatic rings. The van der Waals surface area contributed by atoms with Gasteiger partial charge >= 0.3 is 0 Å². The molecule has 0 aromatic carbocycles. The second kappa shape index (κ2) is 5.18. The molecule has 0 aliphatic carbocycles. The van der Waals surface area contributed by atoms with E-state index in [-0.39, 0.29) is 0 Å². The predicted octanol–water partition coefficient (Wildman–Crippen LogP) is 0.694. The predicted molar refractivity (Wildman–Crippen MR) is 52.0 cm³/mol. The van der Waals surface area contributed by atoms with E-state index in [1.807, 2.05) is 0 Å². The van der Waals surface area contributed by atoms with E-state index in [2.05, 4.69) is 23.1 Å². The summed E-state index contributed by atoms with van der Waals surface area (Å²) in [6, 6.07) is 0.640. The normalized spacial score (nSPS) is 20.7. The van der Waals surface area contributed by atoms with Gasteiger partial charge in [-0.15, -0.1) is 6.42 Å². The van der Waals surface area contributed by atoms with Crippen LogP contribution in [0.3, 0.4) is 0 Å². The number of likely N-dealkylation sites (tertiary alicyclic amines) is 1. The van der Waals surface area contributed by atoms with E-state index in [1.165, 1.54) is 25.9 Å². The van der Waals surface area contributed by atoms with E-state index in [9.17, 15) is 0 Å². The zero-order chi connectivity index (χ0) is 8.81. The Hall–Kier alpha value is -0.520.